The van der Waals surface area contributed by atoms with Gasteiger partial charge in [0.15, 0.2) is 0 Å². The lowest BCUT2D eigenvalue weighted by Crippen LogP contribution is -1.97. The van der Waals surface area contributed by atoms with Gasteiger partial charge in [-0.1, -0.05) is 75.9 Å². The summed E-state index contributed by atoms with van der Waals surface area (Å²) in [5, 5.41) is 0. The molecule has 2 aromatic rings. The zero-order valence-corrected chi connectivity index (χ0v) is 21.8. The van der Waals surface area contributed by atoms with Gasteiger partial charge in [-0.2, -0.15) is 0 Å². The molecule has 0 aliphatic heterocycles. The highest BCUT2D eigenvalue weighted by Crippen LogP contribution is 2.21. The first-order chi connectivity index (χ1) is 16.8. The number of rotatable bonds is 20. The van der Waals surface area contributed by atoms with E-state index in [9.17, 15) is 0 Å². The van der Waals surface area contributed by atoms with E-state index in [0.717, 1.165) is 68.9 Å². The van der Waals surface area contributed by atoms with Crippen molar-refractivity contribution in [2.75, 3.05) is 19.8 Å². The maximum atomic E-state index is 5.88. The molecule has 0 aliphatic rings. The summed E-state index contributed by atoms with van der Waals surface area (Å²) in [6, 6.07) is 12.9. The minimum absolute atomic E-state index is 0.755. The van der Waals surface area contributed by atoms with Gasteiger partial charge in [0.2, 0.25) is 0 Å². The monoisotopic (exact) mass is 465 g/mol. The third kappa shape index (κ3) is 12.9. The van der Waals surface area contributed by atoms with Gasteiger partial charge in [-0.25, -0.2) is 0 Å². The number of aromatic nitrogens is 1. The standard InChI is InChI=1S/C31H47NO2/c1-3-5-6-7-8-9-10-11-12-16-26-34-30-22-23-31(32-27-30)29-20-18-28(19-21-29)17-14-13-15-25-33-24-4-2/h9-10,18-23,27H,3-8,11-17,24-26H2,1-2H3. The molecule has 3 nitrogen and oxygen atoms in total. The molecular formula is C31H47NO2. The van der Waals surface area contributed by atoms with E-state index in [4.69, 9.17) is 9.47 Å². The summed E-state index contributed by atoms with van der Waals surface area (Å²) >= 11 is 0. The SMILES string of the molecule is CCCCCCC=CCCCCOc1ccc(-c2ccc(CCCCCOCCC)cc2)nc1. The van der Waals surface area contributed by atoms with E-state index in [1.807, 2.05) is 12.3 Å². The normalized spacial score (nSPS) is 11.4. The molecule has 0 saturated heterocycles. The first kappa shape index (κ1) is 28.1. The molecule has 0 atom stereocenters. The minimum Gasteiger partial charge on any atom is -0.492 e. The van der Waals surface area contributed by atoms with Gasteiger partial charge < -0.3 is 9.47 Å². The van der Waals surface area contributed by atoms with E-state index in [2.05, 4.69) is 61.3 Å². The first-order valence-corrected chi connectivity index (χ1v) is 13.7. The van der Waals surface area contributed by atoms with E-state index >= 15 is 0 Å². The number of unbranched alkanes of at least 4 members (excludes halogenated alkanes) is 8. The molecule has 0 amide bonds. The molecule has 0 saturated carbocycles. The van der Waals surface area contributed by atoms with Crippen LogP contribution in [0.1, 0.15) is 96.5 Å². The Bertz CT molecular complexity index is 752. The molecule has 0 fully saturated rings. The summed E-state index contributed by atoms with van der Waals surface area (Å²) in [4.78, 5) is 4.61. The number of hydrogen-bond donors (Lipinski definition) is 0. The van der Waals surface area contributed by atoms with E-state index in [1.165, 1.54) is 56.9 Å². The molecule has 0 N–H and O–H groups in total. The van der Waals surface area contributed by atoms with Gasteiger partial charge in [0.25, 0.3) is 0 Å². The van der Waals surface area contributed by atoms with Gasteiger partial charge in [-0.05, 0) is 75.5 Å². The van der Waals surface area contributed by atoms with Gasteiger partial charge in [0.05, 0.1) is 18.5 Å². The number of nitrogens with zero attached hydrogens (tertiary/aromatic N) is 1. The van der Waals surface area contributed by atoms with Crippen LogP contribution in [0.4, 0.5) is 0 Å². The summed E-state index contributed by atoms with van der Waals surface area (Å²) in [5.41, 5.74) is 3.55. The summed E-state index contributed by atoms with van der Waals surface area (Å²) in [6.07, 6.45) is 22.4. The number of aryl methyl sites for hydroxylation is 1. The summed E-state index contributed by atoms with van der Waals surface area (Å²) < 4.78 is 11.4. The molecule has 0 bridgehead atoms. The van der Waals surface area contributed by atoms with Crippen LogP contribution in [0.15, 0.2) is 54.7 Å². The Hall–Kier alpha value is -2.13. The van der Waals surface area contributed by atoms with Crippen LogP contribution in [0.2, 0.25) is 0 Å². The zero-order valence-electron chi connectivity index (χ0n) is 21.8. The predicted molar refractivity (Wildman–Crippen MR) is 146 cm³/mol. The first-order valence-electron chi connectivity index (χ1n) is 13.7. The minimum atomic E-state index is 0.755. The Kier molecular flexibility index (Phi) is 15.9. The molecule has 0 radical (unpaired) electrons. The van der Waals surface area contributed by atoms with E-state index in [0.29, 0.717) is 0 Å². The van der Waals surface area contributed by atoms with Crippen LogP contribution in [-0.2, 0) is 11.2 Å². The molecule has 3 heteroatoms. The van der Waals surface area contributed by atoms with Crippen LogP contribution in [-0.4, -0.2) is 24.8 Å². The van der Waals surface area contributed by atoms with Crippen molar-refractivity contribution in [1.29, 1.82) is 0 Å². The van der Waals surface area contributed by atoms with Crippen molar-refractivity contribution in [1.82, 2.24) is 4.98 Å². The van der Waals surface area contributed by atoms with Gasteiger partial charge in [0, 0.05) is 18.8 Å². The van der Waals surface area contributed by atoms with Gasteiger partial charge in [0.1, 0.15) is 5.75 Å². The Morgan fingerprint density at radius 2 is 1.41 bits per heavy atom. The van der Waals surface area contributed by atoms with E-state index < -0.39 is 0 Å². The lowest BCUT2D eigenvalue weighted by atomic mass is 10.0. The van der Waals surface area contributed by atoms with Crippen molar-refractivity contribution >= 4 is 0 Å². The van der Waals surface area contributed by atoms with Gasteiger partial charge in [-0.3, -0.25) is 4.98 Å². The number of benzene rings is 1. The Labute approximate surface area is 209 Å². The molecule has 0 unspecified atom stereocenters. The zero-order chi connectivity index (χ0) is 24.1. The van der Waals surface area contributed by atoms with Crippen LogP contribution < -0.4 is 4.74 Å². The van der Waals surface area contributed by atoms with Crippen molar-refractivity contribution in [2.45, 2.75) is 97.3 Å². The van der Waals surface area contributed by atoms with Gasteiger partial charge >= 0.3 is 0 Å². The van der Waals surface area contributed by atoms with Crippen LogP contribution in [0.5, 0.6) is 5.75 Å². The van der Waals surface area contributed by atoms with Crippen LogP contribution >= 0.6 is 0 Å². The molecular weight excluding hydrogens is 418 g/mol. The lowest BCUT2D eigenvalue weighted by Gasteiger charge is -2.07. The fourth-order valence-corrected chi connectivity index (χ4v) is 3.91. The lowest BCUT2D eigenvalue weighted by molar-refractivity contribution is 0.130. The number of pyridine rings is 1. The molecule has 34 heavy (non-hydrogen) atoms. The molecule has 0 spiro atoms. The van der Waals surface area contributed by atoms with Crippen molar-refractivity contribution in [3.05, 3.63) is 60.3 Å². The van der Waals surface area contributed by atoms with Gasteiger partial charge in [-0.15, -0.1) is 0 Å². The quantitative estimate of drug-likeness (QED) is 0.144. The second-order valence-electron chi connectivity index (χ2n) is 9.16. The fraction of sp³-hybridized carbons (Fsp3) is 0.581. The molecule has 0 aliphatic carbocycles. The molecule has 1 aromatic heterocycles. The smallest absolute Gasteiger partial charge is 0.137 e. The van der Waals surface area contributed by atoms with Crippen molar-refractivity contribution in [3.8, 4) is 17.0 Å². The highest BCUT2D eigenvalue weighted by Gasteiger charge is 2.02. The van der Waals surface area contributed by atoms with Crippen LogP contribution in [0.3, 0.4) is 0 Å². The molecule has 188 valence electrons. The van der Waals surface area contributed by atoms with Crippen molar-refractivity contribution in [2.24, 2.45) is 0 Å². The largest absolute Gasteiger partial charge is 0.492 e. The molecule has 1 heterocycles. The maximum absolute atomic E-state index is 5.88. The average molecular weight is 466 g/mol. The second kappa shape index (κ2) is 19.2. The highest BCUT2D eigenvalue weighted by atomic mass is 16.5. The van der Waals surface area contributed by atoms with E-state index in [-0.39, 0.29) is 0 Å². The highest BCUT2D eigenvalue weighted by molar-refractivity contribution is 5.59. The summed E-state index contributed by atoms with van der Waals surface area (Å²) in [5.74, 6) is 0.856. The van der Waals surface area contributed by atoms with Crippen LogP contribution in [0, 0.1) is 0 Å². The van der Waals surface area contributed by atoms with Crippen molar-refractivity contribution in [3.63, 3.8) is 0 Å². The molecule has 2 rings (SSSR count). The van der Waals surface area contributed by atoms with Crippen molar-refractivity contribution < 1.29 is 9.47 Å². The number of hydrogen-bond acceptors (Lipinski definition) is 3. The Morgan fingerprint density at radius 3 is 2.12 bits per heavy atom. The number of allylic oxidation sites excluding steroid dienone is 2. The second-order valence-corrected chi connectivity index (χ2v) is 9.16. The molecule has 1 aromatic carbocycles. The fourth-order valence-electron chi connectivity index (χ4n) is 3.91. The topological polar surface area (TPSA) is 31.4 Å². The Balaban J connectivity index is 1.58. The summed E-state index contributed by atoms with van der Waals surface area (Å²) in [7, 11) is 0. The summed E-state index contributed by atoms with van der Waals surface area (Å²) in [6.45, 7) is 6.95. The average Bonchev–Trinajstić information content (AvgIpc) is 2.87. The third-order valence-corrected chi connectivity index (χ3v) is 6.01. The maximum Gasteiger partial charge on any atom is 0.137 e. The van der Waals surface area contributed by atoms with E-state index in [1.54, 1.807) is 0 Å². The number of ether oxygens (including phenoxy) is 2. The predicted octanol–water partition coefficient (Wildman–Crippen LogP) is 8.96. The Morgan fingerprint density at radius 1 is 0.676 bits per heavy atom. The van der Waals surface area contributed by atoms with Crippen LogP contribution in [0.25, 0.3) is 11.3 Å². The third-order valence-electron chi connectivity index (χ3n) is 6.01.